The van der Waals surface area contributed by atoms with Gasteiger partial charge >= 0.3 is 12.4 Å². The minimum absolute atomic E-state index is 0.0368. The van der Waals surface area contributed by atoms with Gasteiger partial charge in [0.25, 0.3) is 11.8 Å². The number of alkyl halides is 6. The second-order valence-electron chi connectivity index (χ2n) is 11.5. The molecule has 2 atom stereocenters. The molecule has 47 heavy (non-hydrogen) atoms. The molecule has 2 saturated heterocycles. The monoisotopic (exact) mass is 665 g/mol. The van der Waals surface area contributed by atoms with E-state index >= 15 is 0 Å². The molecular formula is C32H33F6N5O4. The number of rotatable bonds is 8. The van der Waals surface area contributed by atoms with Gasteiger partial charge in [0.1, 0.15) is 11.9 Å². The van der Waals surface area contributed by atoms with E-state index in [0.717, 1.165) is 42.7 Å². The number of nitrogens with zero attached hydrogens (tertiary/aromatic N) is 5. The lowest BCUT2D eigenvalue weighted by Gasteiger charge is -2.50. The maximum Gasteiger partial charge on any atom is 0.417 e. The lowest BCUT2D eigenvalue weighted by atomic mass is 9.79. The van der Waals surface area contributed by atoms with Crippen molar-refractivity contribution in [2.24, 2.45) is 0 Å². The largest absolute Gasteiger partial charge is 0.475 e. The molecule has 2 aliphatic heterocycles. The number of carbonyl (C=O) groups excluding carboxylic acids is 2. The number of halogens is 6. The molecular weight excluding hydrogens is 632 g/mol. The Hall–Kier alpha value is -4.43. The number of hydrogen-bond acceptors (Lipinski definition) is 7. The zero-order valence-electron chi connectivity index (χ0n) is 25.4. The maximum atomic E-state index is 14.6. The molecule has 15 heteroatoms. The molecule has 2 aliphatic rings. The third-order valence-corrected chi connectivity index (χ3v) is 8.44. The summed E-state index contributed by atoms with van der Waals surface area (Å²) >= 11 is 0. The van der Waals surface area contributed by atoms with Crippen LogP contribution in [0.15, 0.2) is 61.3 Å². The Bertz CT molecular complexity index is 1530. The van der Waals surface area contributed by atoms with Crippen LogP contribution in [-0.2, 0) is 17.1 Å². The van der Waals surface area contributed by atoms with Crippen LogP contribution < -0.4 is 9.47 Å². The maximum absolute atomic E-state index is 14.6. The fourth-order valence-electron chi connectivity index (χ4n) is 6.25. The Balaban J connectivity index is 1.49. The molecule has 252 valence electrons. The third kappa shape index (κ3) is 7.43. The summed E-state index contributed by atoms with van der Waals surface area (Å²) in [5.41, 5.74) is -4.55. The van der Waals surface area contributed by atoms with Crippen LogP contribution in [0.3, 0.4) is 0 Å². The van der Waals surface area contributed by atoms with Crippen LogP contribution in [0.2, 0.25) is 0 Å². The fraction of sp³-hybridized carbons (Fsp3) is 0.469. The van der Waals surface area contributed by atoms with Crippen molar-refractivity contribution in [3.8, 4) is 11.6 Å². The van der Waals surface area contributed by atoms with Crippen molar-refractivity contribution in [1.82, 2.24) is 24.8 Å². The summed E-state index contributed by atoms with van der Waals surface area (Å²) in [7, 11) is 0. The summed E-state index contributed by atoms with van der Waals surface area (Å²) in [5.74, 6) is -1.18. The van der Waals surface area contributed by atoms with Gasteiger partial charge in [-0.1, -0.05) is 13.3 Å². The summed E-state index contributed by atoms with van der Waals surface area (Å²) in [6, 6.07) is 3.54. The number of ether oxygens (including phenoxy) is 2. The Morgan fingerprint density at radius 3 is 2.23 bits per heavy atom. The molecule has 2 fully saturated rings. The van der Waals surface area contributed by atoms with E-state index in [4.69, 9.17) is 9.47 Å². The average molecular weight is 666 g/mol. The first-order chi connectivity index (χ1) is 22.3. The molecule has 2 aromatic heterocycles. The van der Waals surface area contributed by atoms with Crippen LogP contribution in [0, 0.1) is 0 Å². The van der Waals surface area contributed by atoms with Gasteiger partial charge < -0.3 is 19.3 Å². The molecule has 0 aliphatic carbocycles. The lowest BCUT2D eigenvalue weighted by molar-refractivity contribution is -0.161. The summed E-state index contributed by atoms with van der Waals surface area (Å²) < 4.78 is 94.1. The van der Waals surface area contributed by atoms with Crippen molar-refractivity contribution in [2.45, 2.75) is 75.5 Å². The molecule has 9 nitrogen and oxygen atoms in total. The number of carbonyl (C=O) groups is 2. The number of aromatic nitrogens is 3. The van der Waals surface area contributed by atoms with Crippen LogP contribution in [-0.4, -0.2) is 73.9 Å². The van der Waals surface area contributed by atoms with Crippen molar-refractivity contribution in [1.29, 1.82) is 0 Å². The van der Waals surface area contributed by atoms with Crippen molar-refractivity contribution >= 4 is 11.8 Å². The highest BCUT2D eigenvalue weighted by atomic mass is 19.4. The van der Waals surface area contributed by atoms with Crippen LogP contribution in [0.25, 0.3) is 0 Å². The van der Waals surface area contributed by atoms with Crippen LogP contribution in [0.1, 0.15) is 66.9 Å². The smallest absolute Gasteiger partial charge is 0.417 e. The molecule has 0 radical (unpaired) electrons. The highest BCUT2D eigenvalue weighted by molar-refractivity contribution is 5.97. The number of likely N-dealkylation sites (tertiary alicyclic amines) is 2. The molecule has 0 unspecified atom stereocenters. The van der Waals surface area contributed by atoms with Gasteiger partial charge in [-0.2, -0.15) is 26.3 Å². The Morgan fingerprint density at radius 1 is 0.915 bits per heavy atom. The summed E-state index contributed by atoms with van der Waals surface area (Å²) in [6.45, 7) is 2.30. The van der Waals surface area contributed by atoms with Gasteiger partial charge in [0, 0.05) is 63.7 Å². The minimum Gasteiger partial charge on any atom is -0.475 e. The normalized spacial score (nSPS) is 21.0. The SMILES string of the molecule is CCC[C@H]1N(C(=O)c2cnccc2C(F)(F)F)CCC[C@@]1(Oc1ccc(C(F)(F)F)cc1)C(=O)N1CCC(Oc2cnccn2)CC1. The average Bonchev–Trinajstić information content (AvgIpc) is 3.05. The van der Waals surface area contributed by atoms with Crippen LogP contribution >= 0.6 is 0 Å². The van der Waals surface area contributed by atoms with Crippen molar-refractivity contribution in [3.05, 3.63) is 78.0 Å². The van der Waals surface area contributed by atoms with Gasteiger partial charge in [0.05, 0.1) is 28.9 Å². The van der Waals surface area contributed by atoms with E-state index in [9.17, 15) is 35.9 Å². The molecule has 0 saturated carbocycles. The Labute approximate surface area is 266 Å². The molecule has 0 spiro atoms. The molecule has 0 N–H and O–H groups in total. The highest BCUT2D eigenvalue weighted by Gasteiger charge is 2.56. The number of pyridine rings is 1. The first-order valence-corrected chi connectivity index (χ1v) is 15.2. The van der Waals surface area contributed by atoms with Gasteiger partial charge in [-0.25, -0.2) is 4.98 Å². The number of piperidine rings is 2. The quantitative estimate of drug-likeness (QED) is 0.264. The van der Waals surface area contributed by atoms with Crippen LogP contribution in [0.5, 0.6) is 11.6 Å². The predicted octanol–water partition coefficient (Wildman–Crippen LogP) is 6.20. The molecule has 2 amide bonds. The van der Waals surface area contributed by atoms with Gasteiger partial charge in [-0.3, -0.25) is 19.6 Å². The first kappa shape index (κ1) is 33.9. The molecule has 5 rings (SSSR count). The van der Waals surface area contributed by atoms with E-state index in [2.05, 4.69) is 15.0 Å². The minimum atomic E-state index is -4.84. The Morgan fingerprint density at radius 2 is 1.62 bits per heavy atom. The second kappa shape index (κ2) is 13.7. The third-order valence-electron chi connectivity index (χ3n) is 8.44. The zero-order valence-corrected chi connectivity index (χ0v) is 25.4. The van der Waals surface area contributed by atoms with E-state index in [0.29, 0.717) is 25.1 Å². The number of hydrogen-bond donors (Lipinski definition) is 0. The highest BCUT2D eigenvalue weighted by Crippen LogP contribution is 2.40. The fourth-order valence-corrected chi connectivity index (χ4v) is 6.25. The van der Waals surface area contributed by atoms with E-state index in [-0.39, 0.29) is 50.8 Å². The topological polar surface area (TPSA) is 97.8 Å². The standard InChI is InChI=1S/C32H33F6N5O4/c1-2-4-26-30(47-23-7-5-21(6-8-23)31(33,34)35,29(45)42-17-10-22(11-18-42)46-27-20-40-14-15-41-27)12-3-16-43(26)28(44)24-19-39-13-9-25(24)32(36,37)38/h5-9,13-15,19-20,22,26H,2-4,10-12,16-18H2,1H3/t26-,30+/m1/s1. The molecule has 3 aromatic rings. The summed E-state index contributed by atoms with van der Waals surface area (Å²) in [4.78, 5) is 43.2. The zero-order chi connectivity index (χ0) is 33.8. The first-order valence-electron chi connectivity index (χ1n) is 15.2. The molecule has 4 heterocycles. The number of benzene rings is 1. The lowest BCUT2D eigenvalue weighted by Crippen LogP contribution is -2.68. The van der Waals surface area contributed by atoms with E-state index in [1.54, 1.807) is 11.8 Å². The van der Waals surface area contributed by atoms with Gasteiger partial charge in [0.15, 0.2) is 0 Å². The summed E-state index contributed by atoms with van der Waals surface area (Å²) in [6.07, 6.45) is -1.75. The second-order valence-corrected chi connectivity index (χ2v) is 11.5. The molecule has 0 bridgehead atoms. The van der Waals surface area contributed by atoms with E-state index in [1.807, 2.05) is 0 Å². The number of amides is 2. The predicted molar refractivity (Wildman–Crippen MR) is 155 cm³/mol. The summed E-state index contributed by atoms with van der Waals surface area (Å²) in [5, 5.41) is 0. The van der Waals surface area contributed by atoms with E-state index < -0.39 is 52.5 Å². The van der Waals surface area contributed by atoms with Gasteiger partial charge in [0.2, 0.25) is 11.5 Å². The molecule has 1 aromatic carbocycles. The van der Waals surface area contributed by atoms with Crippen molar-refractivity contribution < 1.29 is 45.4 Å². The van der Waals surface area contributed by atoms with Crippen molar-refractivity contribution in [3.63, 3.8) is 0 Å². The van der Waals surface area contributed by atoms with E-state index in [1.165, 1.54) is 23.5 Å². The van der Waals surface area contributed by atoms with Gasteiger partial charge in [-0.15, -0.1) is 0 Å². The van der Waals surface area contributed by atoms with Crippen molar-refractivity contribution in [2.75, 3.05) is 19.6 Å². The van der Waals surface area contributed by atoms with Crippen LogP contribution in [0.4, 0.5) is 26.3 Å². The Kier molecular flexibility index (Phi) is 9.92. The van der Waals surface area contributed by atoms with Gasteiger partial charge in [-0.05, 0) is 43.2 Å².